The van der Waals surface area contributed by atoms with Crippen LogP contribution in [0.15, 0.2) is 22.4 Å². The highest BCUT2D eigenvalue weighted by atomic mass is 35.5. The Balaban J connectivity index is 2.85. The number of halogens is 2. The van der Waals surface area contributed by atoms with Crippen LogP contribution in [0.1, 0.15) is 0 Å². The monoisotopic (exact) mass is 232 g/mol. The minimum Gasteiger partial charge on any atom is -0.205 e. The third-order valence-electron chi connectivity index (χ3n) is 1.81. The number of hydrogen-bond acceptors (Lipinski definition) is 2. The molecule has 0 aliphatic carbocycles. The second-order valence-corrected chi connectivity index (χ2v) is 4.71. The van der Waals surface area contributed by atoms with Crippen LogP contribution in [0.2, 0.25) is 5.02 Å². The minimum absolute atomic E-state index is 0.159. The third-order valence-corrected chi connectivity index (χ3v) is 3.91. The molecule has 0 unspecified atom stereocenters. The van der Waals surface area contributed by atoms with Crippen molar-refractivity contribution in [3.63, 3.8) is 0 Å². The van der Waals surface area contributed by atoms with Crippen LogP contribution in [0.25, 0.3) is 10.1 Å². The summed E-state index contributed by atoms with van der Waals surface area (Å²) < 4.78 is 14.4. The van der Waals surface area contributed by atoms with Gasteiger partial charge in [0.25, 0.3) is 0 Å². The van der Waals surface area contributed by atoms with Crippen molar-refractivity contribution in [3.05, 3.63) is 28.4 Å². The molecule has 68 valence electrons. The van der Waals surface area contributed by atoms with Gasteiger partial charge in [0.15, 0.2) is 0 Å². The lowest BCUT2D eigenvalue weighted by molar-refractivity contribution is 0.615. The summed E-state index contributed by atoms with van der Waals surface area (Å²) in [4.78, 5) is 0.607. The quantitative estimate of drug-likeness (QED) is 0.656. The van der Waals surface area contributed by atoms with Gasteiger partial charge < -0.3 is 0 Å². The van der Waals surface area contributed by atoms with Gasteiger partial charge >= 0.3 is 0 Å². The highest BCUT2D eigenvalue weighted by molar-refractivity contribution is 7.98. The molecular formula is C9H6ClFS2. The van der Waals surface area contributed by atoms with Crippen molar-refractivity contribution >= 4 is 44.8 Å². The Morgan fingerprint density at radius 1 is 1.54 bits per heavy atom. The van der Waals surface area contributed by atoms with E-state index in [1.807, 2.05) is 11.6 Å². The molecule has 0 atom stereocenters. The number of rotatable bonds is 1. The van der Waals surface area contributed by atoms with E-state index < -0.39 is 0 Å². The van der Waals surface area contributed by atoms with Crippen molar-refractivity contribution in [2.45, 2.75) is 4.90 Å². The van der Waals surface area contributed by atoms with E-state index >= 15 is 0 Å². The summed E-state index contributed by atoms with van der Waals surface area (Å²) in [7, 11) is 0. The molecule has 4 heteroatoms. The van der Waals surface area contributed by atoms with Crippen LogP contribution in [0.4, 0.5) is 4.39 Å². The Kier molecular flexibility index (Phi) is 2.49. The van der Waals surface area contributed by atoms with Gasteiger partial charge in [-0.25, -0.2) is 4.39 Å². The smallest absolute Gasteiger partial charge is 0.145 e. The fourth-order valence-corrected chi connectivity index (χ4v) is 2.92. The van der Waals surface area contributed by atoms with Gasteiger partial charge in [-0.1, -0.05) is 11.6 Å². The highest BCUT2D eigenvalue weighted by Gasteiger charge is 2.10. The van der Waals surface area contributed by atoms with E-state index in [-0.39, 0.29) is 5.82 Å². The molecule has 0 saturated carbocycles. The van der Waals surface area contributed by atoms with Gasteiger partial charge in [0.2, 0.25) is 0 Å². The van der Waals surface area contributed by atoms with Crippen molar-refractivity contribution in [1.29, 1.82) is 0 Å². The normalized spacial score (nSPS) is 11.0. The van der Waals surface area contributed by atoms with Crippen LogP contribution in [0.3, 0.4) is 0 Å². The van der Waals surface area contributed by atoms with Crippen molar-refractivity contribution < 1.29 is 4.39 Å². The largest absolute Gasteiger partial charge is 0.205 e. The average Bonchev–Trinajstić information content (AvgIpc) is 2.60. The van der Waals surface area contributed by atoms with Gasteiger partial charge in [-0.15, -0.1) is 23.1 Å². The van der Waals surface area contributed by atoms with Crippen molar-refractivity contribution in [3.8, 4) is 0 Å². The molecule has 13 heavy (non-hydrogen) atoms. The van der Waals surface area contributed by atoms with Crippen LogP contribution < -0.4 is 0 Å². The summed E-state index contributed by atoms with van der Waals surface area (Å²) in [6.07, 6.45) is 1.84. The fourth-order valence-electron chi connectivity index (χ4n) is 1.19. The molecule has 2 aromatic rings. The Labute approximate surface area is 88.7 Å². The molecule has 2 rings (SSSR count). The molecule has 0 saturated heterocycles. The predicted octanol–water partition coefficient (Wildman–Crippen LogP) is 4.42. The van der Waals surface area contributed by atoms with Crippen molar-refractivity contribution in [2.75, 3.05) is 6.26 Å². The lowest BCUT2D eigenvalue weighted by Gasteiger charge is -2.01. The zero-order valence-electron chi connectivity index (χ0n) is 6.80. The van der Waals surface area contributed by atoms with E-state index in [0.29, 0.717) is 15.3 Å². The van der Waals surface area contributed by atoms with Crippen LogP contribution in [0, 0.1) is 5.82 Å². The predicted molar refractivity (Wildman–Crippen MR) is 58.6 cm³/mol. The number of benzene rings is 1. The molecule has 1 heterocycles. The Morgan fingerprint density at radius 2 is 2.31 bits per heavy atom. The minimum atomic E-state index is -0.159. The number of hydrogen-bond donors (Lipinski definition) is 0. The lowest BCUT2D eigenvalue weighted by Crippen LogP contribution is -1.81. The zero-order valence-corrected chi connectivity index (χ0v) is 9.19. The first-order valence-electron chi connectivity index (χ1n) is 3.63. The van der Waals surface area contributed by atoms with Gasteiger partial charge in [-0.05, 0) is 23.8 Å². The zero-order chi connectivity index (χ0) is 9.42. The standard InChI is InChI=1S/C9H6ClFS2/c1-12-7-4-6(10)9-5(8(7)11)2-3-13-9/h2-4H,1H3. The van der Waals surface area contributed by atoms with Crippen molar-refractivity contribution in [1.82, 2.24) is 0 Å². The molecule has 0 aliphatic rings. The molecule has 0 bridgehead atoms. The number of fused-ring (bicyclic) bond motifs is 1. The molecule has 0 N–H and O–H groups in total. The molecular weight excluding hydrogens is 227 g/mol. The first-order chi connectivity index (χ1) is 6.24. The maximum Gasteiger partial charge on any atom is 0.145 e. The van der Waals surface area contributed by atoms with E-state index in [1.54, 1.807) is 12.1 Å². The molecule has 0 amide bonds. The average molecular weight is 233 g/mol. The van der Waals surface area contributed by atoms with Gasteiger partial charge in [0.05, 0.1) is 9.72 Å². The molecule has 0 fully saturated rings. The number of thioether (sulfide) groups is 1. The Bertz CT molecular complexity index is 450. The maximum atomic E-state index is 13.6. The summed E-state index contributed by atoms with van der Waals surface area (Å²) in [6.45, 7) is 0. The van der Waals surface area contributed by atoms with Crippen LogP contribution >= 0.6 is 34.7 Å². The Morgan fingerprint density at radius 3 is 3.00 bits per heavy atom. The second kappa shape index (κ2) is 3.48. The summed E-state index contributed by atoms with van der Waals surface area (Å²) in [5.74, 6) is -0.159. The molecule has 1 aromatic heterocycles. The van der Waals surface area contributed by atoms with Crippen molar-refractivity contribution in [2.24, 2.45) is 0 Å². The topological polar surface area (TPSA) is 0 Å². The van der Waals surface area contributed by atoms with Crippen LogP contribution in [-0.4, -0.2) is 6.26 Å². The summed E-state index contributed by atoms with van der Waals surface area (Å²) >= 11 is 8.82. The molecule has 0 spiro atoms. The van der Waals surface area contributed by atoms with E-state index in [4.69, 9.17) is 11.6 Å². The molecule has 1 aromatic carbocycles. The summed E-state index contributed by atoms with van der Waals surface area (Å²) in [6, 6.07) is 3.45. The third kappa shape index (κ3) is 1.45. The van der Waals surface area contributed by atoms with Gasteiger partial charge in [-0.2, -0.15) is 0 Å². The summed E-state index contributed by atoms with van der Waals surface area (Å²) in [5.41, 5.74) is 0. The SMILES string of the molecule is CSc1cc(Cl)c2sccc2c1F. The van der Waals surface area contributed by atoms with Gasteiger partial charge in [0, 0.05) is 10.3 Å². The fraction of sp³-hybridized carbons (Fsp3) is 0.111. The van der Waals surface area contributed by atoms with E-state index in [2.05, 4.69) is 0 Å². The van der Waals surface area contributed by atoms with E-state index in [0.717, 1.165) is 4.70 Å². The first-order valence-corrected chi connectivity index (χ1v) is 6.11. The molecule has 0 aliphatic heterocycles. The second-order valence-electron chi connectivity index (χ2n) is 2.54. The highest BCUT2D eigenvalue weighted by Crippen LogP contribution is 2.35. The maximum absolute atomic E-state index is 13.6. The van der Waals surface area contributed by atoms with E-state index in [1.165, 1.54) is 23.1 Å². The lowest BCUT2D eigenvalue weighted by atomic mass is 10.2. The molecule has 0 nitrogen and oxygen atoms in total. The van der Waals surface area contributed by atoms with Crippen LogP contribution in [0.5, 0.6) is 0 Å². The van der Waals surface area contributed by atoms with E-state index in [9.17, 15) is 4.39 Å². The summed E-state index contributed by atoms with van der Waals surface area (Å²) in [5, 5.41) is 3.11. The van der Waals surface area contributed by atoms with Gasteiger partial charge in [-0.3, -0.25) is 0 Å². The number of thiophene rings is 1. The first kappa shape index (κ1) is 9.31. The Hall–Kier alpha value is -0.250. The van der Waals surface area contributed by atoms with Crippen LogP contribution in [-0.2, 0) is 0 Å². The molecule has 0 radical (unpaired) electrons. The van der Waals surface area contributed by atoms with Gasteiger partial charge in [0.1, 0.15) is 5.82 Å².